The molecule has 0 bridgehead atoms. The molecular weight excluding hydrogens is 448 g/mol. The van der Waals surface area contributed by atoms with E-state index in [0.717, 1.165) is 35.5 Å². The molecule has 0 radical (unpaired) electrons. The molecule has 5 aromatic rings. The maximum atomic E-state index is 3.56. The molecule has 0 aliphatic heterocycles. The first-order valence-corrected chi connectivity index (χ1v) is 13.8. The molecular formula is C32H26S2. The van der Waals surface area contributed by atoms with Crippen LogP contribution in [-0.4, -0.2) is 11.5 Å². The van der Waals surface area contributed by atoms with Crippen LogP contribution in [0, 0.1) is 22.3 Å². The molecule has 0 aliphatic rings. The molecule has 0 unspecified atom stereocenters. The van der Waals surface area contributed by atoms with E-state index in [0.29, 0.717) is 0 Å². The second kappa shape index (κ2) is 10.5. The van der Waals surface area contributed by atoms with Crippen LogP contribution in [0.15, 0.2) is 72.8 Å². The molecule has 0 nitrogen and oxygen atoms in total. The molecule has 0 heterocycles. The van der Waals surface area contributed by atoms with Crippen LogP contribution in [0.4, 0.5) is 0 Å². The van der Waals surface area contributed by atoms with E-state index in [1.54, 1.807) is 23.5 Å². The number of hydrogen-bond acceptors (Lipinski definition) is 2. The molecule has 0 aliphatic carbocycles. The maximum Gasteiger partial charge on any atom is 0.0412 e. The summed E-state index contributed by atoms with van der Waals surface area (Å²) in [7, 11) is 0. The Labute approximate surface area is 210 Å². The van der Waals surface area contributed by atoms with Gasteiger partial charge in [0.2, 0.25) is 0 Å². The predicted octanol–water partition coefficient (Wildman–Crippen LogP) is 9.20. The third-order valence-corrected chi connectivity index (χ3v) is 7.68. The number of thioether (sulfide) groups is 2. The van der Waals surface area contributed by atoms with E-state index >= 15 is 0 Å². The standard InChI is InChI=1S/C32H26S2/c1-3-15-33-17-13-27-29-19-23-9-5-7-11-25(23)21-31(29)28(14-18-34-16-4-2)32-22-26-12-8-6-10-24(26)20-30(27)32/h5-12,19-22H,3-4,15-16H2,1-2H3. The summed E-state index contributed by atoms with van der Waals surface area (Å²) in [6.07, 6.45) is 2.25. The van der Waals surface area contributed by atoms with Gasteiger partial charge in [-0.3, -0.25) is 0 Å². The van der Waals surface area contributed by atoms with Crippen LogP contribution < -0.4 is 0 Å². The Kier molecular flexibility index (Phi) is 7.01. The lowest BCUT2D eigenvalue weighted by Gasteiger charge is -2.13. The minimum atomic E-state index is 1.05. The Hall–Kier alpha value is -3.04. The largest absolute Gasteiger partial charge is 0.0747 e. The van der Waals surface area contributed by atoms with Gasteiger partial charge in [0.05, 0.1) is 0 Å². The predicted molar refractivity (Wildman–Crippen MR) is 156 cm³/mol. The fraction of sp³-hybridized carbons (Fsp3) is 0.188. The zero-order chi connectivity index (χ0) is 23.3. The average molecular weight is 475 g/mol. The highest BCUT2D eigenvalue weighted by Gasteiger charge is 2.14. The van der Waals surface area contributed by atoms with Gasteiger partial charge in [-0.2, -0.15) is 0 Å². The summed E-state index contributed by atoms with van der Waals surface area (Å²) in [6.45, 7) is 4.39. The van der Waals surface area contributed by atoms with E-state index in [1.807, 2.05) is 0 Å². The van der Waals surface area contributed by atoms with Crippen molar-refractivity contribution >= 4 is 66.6 Å². The highest BCUT2D eigenvalue weighted by atomic mass is 32.2. The van der Waals surface area contributed by atoms with Crippen LogP contribution >= 0.6 is 23.5 Å². The molecule has 0 saturated carbocycles. The molecule has 166 valence electrons. The molecule has 0 N–H and O–H groups in total. The SMILES string of the molecule is CCCSC#Cc1c2cc3ccccc3cc2c(C#CSCCC)c2cc3ccccc3cc12. The molecule has 34 heavy (non-hydrogen) atoms. The summed E-state index contributed by atoms with van der Waals surface area (Å²) in [6, 6.07) is 26.4. The third kappa shape index (κ3) is 4.50. The fourth-order valence-electron chi connectivity index (χ4n) is 4.35. The summed E-state index contributed by atoms with van der Waals surface area (Å²) in [5, 5.41) is 16.5. The quantitative estimate of drug-likeness (QED) is 0.145. The molecule has 0 saturated heterocycles. The molecule has 0 amide bonds. The van der Waals surface area contributed by atoms with E-state index in [4.69, 9.17) is 0 Å². The van der Waals surface area contributed by atoms with Crippen molar-refractivity contribution in [2.24, 2.45) is 0 Å². The van der Waals surface area contributed by atoms with Gasteiger partial charge in [0.15, 0.2) is 0 Å². The van der Waals surface area contributed by atoms with Crippen LogP contribution in [0.3, 0.4) is 0 Å². The van der Waals surface area contributed by atoms with Crippen molar-refractivity contribution < 1.29 is 0 Å². The van der Waals surface area contributed by atoms with Crippen molar-refractivity contribution in [1.82, 2.24) is 0 Å². The second-order valence-electron chi connectivity index (χ2n) is 8.39. The highest BCUT2D eigenvalue weighted by Crippen LogP contribution is 2.37. The van der Waals surface area contributed by atoms with Gasteiger partial charge in [-0.1, -0.05) is 97.7 Å². The first-order valence-electron chi connectivity index (χ1n) is 11.9. The molecule has 5 rings (SSSR count). The summed E-state index contributed by atoms with van der Waals surface area (Å²) in [5.74, 6) is 9.21. The van der Waals surface area contributed by atoms with Gasteiger partial charge in [-0.25, -0.2) is 0 Å². The Balaban J connectivity index is 1.92. The van der Waals surface area contributed by atoms with Crippen molar-refractivity contribution in [2.45, 2.75) is 26.7 Å². The number of fused-ring (bicyclic) bond motifs is 4. The van der Waals surface area contributed by atoms with E-state index in [-0.39, 0.29) is 0 Å². The summed E-state index contributed by atoms with van der Waals surface area (Å²) < 4.78 is 0. The second-order valence-corrected chi connectivity index (χ2v) is 10.2. The Morgan fingerprint density at radius 3 is 1.15 bits per heavy atom. The number of hydrogen-bond donors (Lipinski definition) is 0. The van der Waals surface area contributed by atoms with Gasteiger partial charge in [0, 0.05) is 22.6 Å². The lowest BCUT2D eigenvalue weighted by atomic mass is 9.89. The zero-order valence-electron chi connectivity index (χ0n) is 19.6. The van der Waals surface area contributed by atoms with Crippen molar-refractivity contribution in [2.75, 3.05) is 11.5 Å². The van der Waals surface area contributed by atoms with Crippen LogP contribution in [0.25, 0.3) is 43.1 Å². The summed E-state index contributed by atoms with van der Waals surface area (Å²) in [5.41, 5.74) is 2.22. The van der Waals surface area contributed by atoms with Crippen LogP contribution in [0.5, 0.6) is 0 Å². The van der Waals surface area contributed by atoms with Crippen LogP contribution in [0.2, 0.25) is 0 Å². The molecule has 0 aromatic heterocycles. The third-order valence-electron chi connectivity index (χ3n) is 5.96. The van der Waals surface area contributed by atoms with E-state index in [2.05, 4.69) is 109 Å². The Morgan fingerprint density at radius 2 is 0.853 bits per heavy atom. The van der Waals surface area contributed by atoms with Gasteiger partial charge in [0.25, 0.3) is 0 Å². The average Bonchev–Trinajstić information content (AvgIpc) is 2.87. The number of benzene rings is 5. The highest BCUT2D eigenvalue weighted by molar-refractivity contribution is 8.04. The molecule has 0 fully saturated rings. The Bertz CT molecular complexity index is 1420. The van der Waals surface area contributed by atoms with Gasteiger partial charge < -0.3 is 0 Å². The zero-order valence-corrected chi connectivity index (χ0v) is 21.2. The Morgan fingerprint density at radius 1 is 0.529 bits per heavy atom. The topological polar surface area (TPSA) is 0 Å². The minimum absolute atomic E-state index is 1.05. The molecule has 2 heteroatoms. The van der Waals surface area contributed by atoms with Gasteiger partial charge >= 0.3 is 0 Å². The van der Waals surface area contributed by atoms with Crippen molar-refractivity contribution in [3.63, 3.8) is 0 Å². The summed E-state index contributed by atoms with van der Waals surface area (Å²) >= 11 is 3.41. The lowest BCUT2D eigenvalue weighted by Crippen LogP contribution is -1.92. The number of rotatable bonds is 4. The minimum Gasteiger partial charge on any atom is -0.0747 e. The van der Waals surface area contributed by atoms with Gasteiger partial charge in [-0.15, -0.1) is 0 Å². The molecule has 5 aromatic carbocycles. The van der Waals surface area contributed by atoms with Crippen LogP contribution in [0.1, 0.15) is 37.8 Å². The molecule has 0 spiro atoms. The van der Waals surface area contributed by atoms with Crippen molar-refractivity contribution in [3.8, 4) is 22.3 Å². The smallest absolute Gasteiger partial charge is 0.0412 e. The summed E-state index contributed by atoms with van der Waals surface area (Å²) in [4.78, 5) is 0. The van der Waals surface area contributed by atoms with Crippen molar-refractivity contribution in [1.29, 1.82) is 0 Å². The monoisotopic (exact) mass is 474 g/mol. The lowest BCUT2D eigenvalue weighted by molar-refractivity contribution is 1.11. The van der Waals surface area contributed by atoms with Crippen molar-refractivity contribution in [3.05, 3.63) is 83.9 Å². The van der Waals surface area contributed by atoms with Crippen LogP contribution in [-0.2, 0) is 0 Å². The first kappa shape index (κ1) is 22.7. The van der Waals surface area contributed by atoms with Gasteiger partial charge in [-0.05, 0) is 90.7 Å². The fourth-order valence-corrected chi connectivity index (χ4v) is 5.31. The van der Waals surface area contributed by atoms with Gasteiger partial charge in [0.1, 0.15) is 0 Å². The van der Waals surface area contributed by atoms with E-state index in [1.165, 1.54) is 43.1 Å². The maximum absolute atomic E-state index is 3.56. The molecule has 0 atom stereocenters. The first-order chi connectivity index (χ1) is 16.8. The normalized spacial score (nSPS) is 10.9. The van der Waals surface area contributed by atoms with E-state index < -0.39 is 0 Å². The van der Waals surface area contributed by atoms with E-state index in [9.17, 15) is 0 Å².